The minimum Gasteiger partial charge on any atom is -0.0602 e. The molecule has 79 heavy (non-hydrogen) atoms. The average molecular weight is 1070 g/mol. The monoisotopic (exact) mass is 1070 g/mol. The first kappa shape index (κ1) is 44.4. The fourth-order valence-corrected chi connectivity index (χ4v) is 16.3. The Bertz CT molecular complexity index is 5250. The third-order valence-electron chi connectivity index (χ3n) is 16.9. The van der Waals surface area contributed by atoms with Crippen LogP contribution in [-0.2, 0) is 0 Å². The molecule has 0 radical (unpaired) electrons. The Balaban J connectivity index is 0.873. The Morgan fingerprint density at radius 1 is 0.228 bits per heavy atom. The van der Waals surface area contributed by atoms with Crippen molar-refractivity contribution in [3.05, 3.63) is 279 Å². The molecule has 0 aliphatic heterocycles. The number of fused-ring (bicyclic) bond motifs is 13. The van der Waals surface area contributed by atoms with E-state index in [1.54, 1.807) is 0 Å². The Morgan fingerprint density at radius 3 is 1.03 bits per heavy atom. The van der Waals surface area contributed by atoms with Gasteiger partial charge in [0.2, 0.25) is 0 Å². The summed E-state index contributed by atoms with van der Waals surface area (Å²) in [4.78, 5) is 0. The van der Waals surface area contributed by atoms with E-state index in [1.165, 1.54) is 151 Å². The summed E-state index contributed by atoms with van der Waals surface area (Å²) in [7, 11) is 0. The number of para-hydroxylation sites is 4. The van der Waals surface area contributed by atoms with Crippen molar-refractivity contribution in [1.82, 2.24) is 9.13 Å². The standard InChI is InChI=1S/C76H46N2Se/c1-3-22-48(23-4-1)77-65-40-17-15-34-59(65)74-61(37-20-42-67(74)77)71-52-28-9-7-26-50(52)70(51-27-8-10-29-53(51)71)47-44-45-69-64(46-47)58-36-19-39-63(76(58)79-69)73-56-32-13-11-30-54(56)72(55-31-12-14-33-57(55)73)62-38-21-43-68-75(62)60-35-16-18-41-66(60)78(68)49-24-5-2-6-25-49/h1-46H. The van der Waals surface area contributed by atoms with E-state index in [-0.39, 0.29) is 14.5 Å². The molecule has 0 amide bonds. The fourth-order valence-electron chi connectivity index (χ4n) is 13.8. The molecule has 14 aromatic carbocycles. The third-order valence-corrected chi connectivity index (χ3v) is 19.4. The topological polar surface area (TPSA) is 9.86 Å². The van der Waals surface area contributed by atoms with Crippen LogP contribution in [0.5, 0.6) is 0 Å². The maximum absolute atomic E-state index is 2.51. The fraction of sp³-hybridized carbons (Fsp3) is 0. The largest absolute Gasteiger partial charge is 0.0602 e. The first-order valence-electron chi connectivity index (χ1n) is 27.3. The van der Waals surface area contributed by atoms with Gasteiger partial charge in [0.25, 0.3) is 0 Å². The minimum atomic E-state index is 0.0805. The molecule has 17 aromatic rings. The van der Waals surface area contributed by atoms with E-state index in [2.05, 4.69) is 288 Å². The predicted octanol–water partition coefficient (Wildman–Crippen LogP) is 20.5. The molecule has 0 atom stereocenters. The van der Waals surface area contributed by atoms with Crippen LogP contribution < -0.4 is 0 Å². The van der Waals surface area contributed by atoms with E-state index in [1.807, 2.05) is 0 Å². The Morgan fingerprint density at radius 2 is 0.570 bits per heavy atom. The van der Waals surface area contributed by atoms with Gasteiger partial charge in [-0.05, 0) is 18.2 Å². The van der Waals surface area contributed by atoms with Crippen molar-refractivity contribution in [2.24, 2.45) is 0 Å². The summed E-state index contributed by atoms with van der Waals surface area (Å²) in [5.41, 5.74) is 17.4. The summed E-state index contributed by atoms with van der Waals surface area (Å²) in [6, 6.07) is 104. The molecule has 0 saturated heterocycles. The third kappa shape index (κ3) is 6.46. The summed E-state index contributed by atoms with van der Waals surface area (Å²) < 4.78 is 7.74. The van der Waals surface area contributed by atoms with Gasteiger partial charge in [-0.3, -0.25) is 0 Å². The second kappa shape index (κ2) is 17.4. The van der Waals surface area contributed by atoms with E-state index in [0.717, 1.165) is 11.4 Å². The van der Waals surface area contributed by atoms with Crippen LogP contribution in [0.3, 0.4) is 0 Å². The normalized spacial score (nSPS) is 12.1. The minimum absolute atomic E-state index is 0.0805. The van der Waals surface area contributed by atoms with Crippen LogP contribution in [0.25, 0.3) is 162 Å². The quantitative estimate of drug-likeness (QED) is 0.116. The number of aromatic nitrogens is 2. The molecule has 0 bridgehead atoms. The van der Waals surface area contributed by atoms with Gasteiger partial charge < -0.3 is 0 Å². The molecule has 3 heterocycles. The van der Waals surface area contributed by atoms with Crippen molar-refractivity contribution in [3.63, 3.8) is 0 Å². The Kier molecular flexibility index (Phi) is 9.76. The van der Waals surface area contributed by atoms with Crippen LogP contribution in [0.2, 0.25) is 0 Å². The van der Waals surface area contributed by atoms with Crippen LogP contribution in [0.4, 0.5) is 0 Å². The zero-order valence-electron chi connectivity index (χ0n) is 42.9. The number of benzene rings is 14. The van der Waals surface area contributed by atoms with E-state index >= 15 is 0 Å². The SMILES string of the molecule is c1ccc(-n2c3ccccc3c3c(-c4c5ccccc5c(-c5ccc6[se]c7c(-c8c9ccccc9c(-c9cccc%10c9c9ccccc9n%10-c9ccccc9)c9ccccc89)cccc7c6c5)c5ccccc45)cccc32)cc1. The van der Waals surface area contributed by atoms with Crippen LogP contribution in [0.15, 0.2) is 279 Å². The maximum atomic E-state index is 2.51. The van der Waals surface area contributed by atoms with Crippen LogP contribution in [0.1, 0.15) is 0 Å². The number of hydrogen-bond donors (Lipinski definition) is 0. The van der Waals surface area contributed by atoms with Gasteiger partial charge in [-0.1, -0.05) is 48.5 Å². The smallest absolute Gasteiger partial charge is 0.0380 e. The van der Waals surface area contributed by atoms with Crippen molar-refractivity contribution < 1.29 is 0 Å². The molecule has 0 aliphatic carbocycles. The van der Waals surface area contributed by atoms with Crippen molar-refractivity contribution >= 4 is 120 Å². The molecule has 2 nitrogen and oxygen atoms in total. The average Bonchev–Trinajstić information content (AvgIpc) is 4.36. The first-order chi connectivity index (χ1) is 39.3. The molecule has 17 rings (SSSR count). The molecular formula is C76H46N2Se. The van der Waals surface area contributed by atoms with Crippen molar-refractivity contribution in [2.45, 2.75) is 0 Å². The van der Waals surface area contributed by atoms with Crippen molar-refractivity contribution in [3.8, 4) is 55.9 Å². The summed E-state index contributed by atoms with van der Waals surface area (Å²) in [6.45, 7) is 0. The van der Waals surface area contributed by atoms with Gasteiger partial charge in [-0.2, -0.15) is 0 Å². The zero-order chi connectivity index (χ0) is 51.7. The molecular weight excluding hydrogens is 1020 g/mol. The zero-order valence-corrected chi connectivity index (χ0v) is 44.6. The summed E-state index contributed by atoms with van der Waals surface area (Å²) >= 11 is 0.0805. The number of rotatable bonds is 6. The van der Waals surface area contributed by atoms with Crippen LogP contribution in [-0.4, -0.2) is 23.6 Å². The molecule has 0 fully saturated rings. The first-order valence-corrected chi connectivity index (χ1v) is 29.0. The second-order valence-corrected chi connectivity index (χ2v) is 23.2. The van der Waals surface area contributed by atoms with E-state index in [9.17, 15) is 0 Å². The van der Waals surface area contributed by atoms with Crippen LogP contribution in [0, 0.1) is 0 Å². The molecule has 0 saturated carbocycles. The maximum Gasteiger partial charge on any atom is -0.0380 e. The Hall–Kier alpha value is -9.76. The molecule has 0 spiro atoms. The second-order valence-electron chi connectivity index (χ2n) is 21.0. The van der Waals surface area contributed by atoms with Crippen molar-refractivity contribution in [1.29, 1.82) is 0 Å². The molecule has 0 N–H and O–H groups in total. The predicted molar refractivity (Wildman–Crippen MR) is 339 cm³/mol. The van der Waals surface area contributed by atoms with Crippen LogP contribution >= 0.6 is 0 Å². The van der Waals surface area contributed by atoms with Crippen molar-refractivity contribution in [2.75, 3.05) is 0 Å². The molecule has 0 aliphatic rings. The Labute approximate surface area is 461 Å². The van der Waals surface area contributed by atoms with E-state index in [4.69, 9.17) is 0 Å². The van der Waals surface area contributed by atoms with E-state index < -0.39 is 0 Å². The van der Waals surface area contributed by atoms with Gasteiger partial charge >= 0.3 is 392 Å². The van der Waals surface area contributed by atoms with Gasteiger partial charge in [0.1, 0.15) is 0 Å². The van der Waals surface area contributed by atoms with Gasteiger partial charge in [0.05, 0.1) is 0 Å². The van der Waals surface area contributed by atoms with Gasteiger partial charge in [0, 0.05) is 5.69 Å². The van der Waals surface area contributed by atoms with Gasteiger partial charge in [0.15, 0.2) is 0 Å². The summed E-state index contributed by atoms with van der Waals surface area (Å²) in [6.07, 6.45) is 0. The molecule has 0 unspecified atom stereocenters. The molecule has 3 aromatic heterocycles. The van der Waals surface area contributed by atoms with Gasteiger partial charge in [-0.25, -0.2) is 0 Å². The number of hydrogen-bond acceptors (Lipinski definition) is 0. The summed E-state index contributed by atoms with van der Waals surface area (Å²) in [5.74, 6) is 0. The van der Waals surface area contributed by atoms with Gasteiger partial charge in [-0.15, -0.1) is 0 Å². The number of nitrogens with zero attached hydrogens (tertiary/aromatic N) is 2. The summed E-state index contributed by atoms with van der Waals surface area (Å²) in [5, 5.41) is 17.9. The molecule has 366 valence electrons. The molecule has 3 heteroatoms. The van der Waals surface area contributed by atoms with E-state index in [0.29, 0.717) is 0 Å².